The van der Waals surface area contributed by atoms with Gasteiger partial charge in [0.05, 0.1) is 18.2 Å². The van der Waals surface area contributed by atoms with Gasteiger partial charge in [0.2, 0.25) is 0 Å². The minimum Gasteiger partial charge on any atom is -0.507 e. The van der Waals surface area contributed by atoms with Gasteiger partial charge in [0.25, 0.3) is 11.7 Å². The second-order valence-electron chi connectivity index (χ2n) is 8.58. The summed E-state index contributed by atoms with van der Waals surface area (Å²) in [6, 6.07) is 11.6. The van der Waals surface area contributed by atoms with Crippen molar-refractivity contribution >= 4 is 17.4 Å². The molecule has 0 unspecified atom stereocenters. The van der Waals surface area contributed by atoms with Crippen LogP contribution in [0.3, 0.4) is 0 Å². The van der Waals surface area contributed by atoms with Crippen LogP contribution in [0.15, 0.2) is 54.1 Å². The quantitative estimate of drug-likeness (QED) is 0.384. The minimum absolute atomic E-state index is 0.00351. The van der Waals surface area contributed by atoms with E-state index in [0.717, 1.165) is 0 Å². The molecule has 32 heavy (non-hydrogen) atoms. The first-order valence-electron chi connectivity index (χ1n) is 10.6. The lowest BCUT2D eigenvalue weighted by Crippen LogP contribution is -2.35. The summed E-state index contributed by atoms with van der Waals surface area (Å²) in [4.78, 5) is 29.1. The Hall–Kier alpha value is -3.19. The van der Waals surface area contributed by atoms with Crippen molar-refractivity contribution in [1.29, 1.82) is 0 Å². The molecule has 0 aliphatic carbocycles. The molecule has 0 aromatic heterocycles. The minimum atomic E-state index is -0.799. The highest BCUT2D eigenvalue weighted by atomic mass is 19.1. The van der Waals surface area contributed by atoms with Crippen LogP contribution in [0.4, 0.5) is 4.39 Å². The zero-order valence-corrected chi connectivity index (χ0v) is 18.8. The van der Waals surface area contributed by atoms with E-state index in [0.29, 0.717) is 42.5 Å². The number of ketones is 1. The van der Waals surface area contributed by atoms with Gasteiger partial charge >= 0.3 is 0 Å². The van der Waals surface area contributed by atoms with E-state index < -0.39 is 23.5 Å². The van der Waals surface area contributed by atoms with Gasteiger partial charge in [-0.2, -0.15) is 0 Å². The molecular formula is C25H29FN2O4. The number of hydrogen-bond donors (Lipinski definition) is 1. The number of nitrogens with zero attached hydrogens (tertiary/aromatic N) is 2. The van der Waals surface area contributed by atoms with E-state index in [-0.39, 0.29) is 11.3 Å². The van der Waals surface area contributed by atoms with Crippen molar-refractivity contribution in [2.75, 3.05) is 33.8 Å². The van der Waals surface area contributed by atoms with Crippen LogP contribution in [0, 0.1) is 11.7 Å². The van der Waals surface area contributed by atoms with Crippen LogP contribution in [0.2, 0.25) is 0 Å². The SMILES string of the molecule is CC(C)COc1ccc(C(O)=C2C(=O)C(=O)N(CCN(C)C)[C@@H]2c2ccc(F)cc2)cc1. The molecule has 0 saturated carbocycles. The number of benzene rings is 2. The predicted molar refractivity (Wildman–Crippen MR) is 121 cm³/mol. The molecule has 7 heteroatoms. The van der Waals surface area contributed by atoms with Crippen molar-refractivity contribution in [2.45, 2.75) is 19.9 Å². The molecule has 1 heterocycles. The highest BCUT2D eigenvalue weighted by Crippen LogP contribution is 2.39. The van der Waals surface area contributed by atoms with Crippen LogP contribution < -0.4 is 4.74 Å². The van der Waals surface area contributed by atoms with Gasteiger partial charge < -0.3 is 19.6 Å². The molecule has 0 bridgehead atoms. The lowest BCUT2D eigenvalue weighted by Gasteiger charge is -2.26. The van der Waals surface area contributed by atoms with E-state index in [4.69, 9.17) is 4.74 Å². The van der Waals surface area contributed by atoms with Crippen molar-refractivity contribution in [3.63, 3.8) is 0 Å². The van der Waals surface area contributed by atoms with Crippen LogP contribution in [0.5, 0.6) is 5.75 Å². The molecule has 1 atom stereocenters. The van der Waals surface area contributed by atoms with E-state index >= 15 is 0 Å². The standard InChI is InChI=1S/C25H29FN2O4/c1-16(2)15-32-20-11-7-18(8-12-20)23(29)21-22(17-5-9-19(26)10-6-17)28(14-13-27(3)4)25(31)24(21)30/h5-12,16,22,29H,13-15H2,1-4H3/t22-/m1/s1. The molecule has 2 aromatic carbocycles. The highest BCUT2D eigenvalue weighted by molar-refractivity contribution is 6.46. The molecule has 1 N–H and O–H groups in total. The Morgan fingerprint density at radius 2 is 1.72 bits per heavy atom. The zero-order chi connectivity index (χ0) is 23.4. The Bertz CT molecular complexity index is 998. The molecule has 1 aliphatic rings. The molecule has 6 nitrogen and oxygen atoms in total. The summed E-state index contributed by atoms with van der Waals surface area (Å²) in [6.45, 7) is 5.48. The van der Waals surface area contributed by atoms with Crippen LogP contribution in [0.1, 0.15) is 31.0 Å². The number of halogens is 1. The Morgan fingerprint density at radius 3 is 2.28 bits per heavy atom. The second kappa shape index (κ2) is 9.96. The number of likely N-dealkylation sites (tertiary alicyclic amines) is 1. The zero-order valence-electron chi connectivity index (χ0n) is 18.8. The Morgan fingerprint density at radius 1 is 1.09 bits per heavy atom. The normalized spacial score (nSPS) is 18.1. The fraction of sp³-hybridized carbons (Fsp3) is 0.360. The molecule has 1 aliphatic heterocycles. The van der Waals surface area contributed by atoms with Gasteiger partial charge in [-0.15, -0.1) is 0 Å². The van der Waals surface area contributed by atoms with E-state index in [1.807, 2.05) is 32.8 Å². The van der Waals surface area contributed by atoms with Gasteiger partial charge in [-0.3, -0.25) is 9.59 Å². The van der Waals surface area contributed by atoms with Gasteiger partial charge in [-0.25, -0.2) is 4.39 Å². The summed E-state index contributed by atoms with van der Waals surface area (Å²) >= 11 is 0. The fourth-order valence-corrected chi connectivity index (χ4v) is 3.54. The molecule has 1 saturated heterocycles. The lowest BCUT2D eigenvalue weighted by atomic mass is 9.95. The molecule has 1 fully saturated rings. The van der Waals surface area contributed by atoms with Crippen LogP contribution >= 0.6 is 0 Å². The summed E-state index contributed by atoms with van der Waals surface area (Å²) in [5.74, 6) is -1.10. The van der Waals surface area contributed by atoms with Gasteiger partial charge in [-0.05, 0) is 62.0 Å². The summed E-state index contributed by atoms with van der Waals surface area (Å²) < 4.78 is 19.2. The van der Waals surface area contributed by atoms with Gasteiger partial charge in [0, 0.05) is 18.7 Å². The van der Waals surface area contributed by atoms with Crippen LogP contribution in [-0.2, 0) is 9.59 Å². The monoisotopic (exact) mass is 440 g/mol. The fourth-order valence-electron chi connectivity index (χ4n) is 3.54. The van der Waals surface area contributed by atoms with Crippen molar-refractivity contribution < 1.29 is 23.8 Å². The topological polar surface area (TPSA) is 70.1 Å². The maximum absolute atomic E-state index is 13.5. The van der Waals surface area contributed by atoms with E-state index in [2.05, 4.69) is 0 Å². The number of likely N-dealkylation sites (N-methyl/N-ethyl adjacent to an activating group) is 1. The van der Waals surface area contributed by atoms with Crippen molar-refractivity contribution in [3.05, 3.63) is 71.0 Å². The largest absolute Gasteiger partial charge is 0.507 e. The van der Waals surface area contributed by atoms with Gasteiger partial charge in [0.15, 0.2) is 0 Å². The number of amides is 1. The highest BCUT2D eigenvalue weighted by Gasteiger charge is 2.45. The maximum Gasteiger partial charge on any atom is 0.295 e. The molecule has 2 aromatic rings. The molecule has 170 valence electrons. The third kappa shape index (κ3) is 5.16. The summed E-state index contributed by atoms with van der Waals surface area (Å²) in [6.07, 6.45) is 0. The maximum atomic E-state index is 13.5. The summed E-state index contributed by atoms with van der Waals surface area (Å²) in [7, 11) is 3.73. The number of carbonyl (C=O) groups is 2. The van der Waals surface area contributed by atoms with E-state index in [1.54, 1.807) is 24.3 Å². The lowest BCUT2D eigenvalue weighted by molar-refractivity contribution is -0.140. The number of rotatable bonds is 8. The van der Waals surface area contributed by atoms with Crippen molar-refractivity contribution in [3.8, 4) is 5.75 Å². The number of aliphatic hydroxyl groups is 1. The van der Waals surface area contributed by atoms with E-state index in [1.165, 1.54) is 29.2 Å². The Balaban J connectivity index is 2.02. The smallest absolute Gasteiger partial charge is 0.295 e. The molecular weight excluding hydrogens is 411 g/mol. The van der Waals surface area contributed by atoms with Crippen molar-refractivity contribution in [2.24, 2.45) is 5.92 Å². The second-order valence-corrected chi connectivity index (χ2v) is 8.58. The third-order valence-corrected chi connectivity index (χ3v) is 5.22. The summed E-state index contributed by atoms with van der Waals surface area (Å²) in [5.41, 5.74) is 0.957. The average molecular weight is 441 g/mol. The molecule has 3 rings (SSSR count). The van der Waals surface area contributed by atoms with Crippen LogP contribution in [-0.4, -0.2) is 60.4 Å². The number of hydrogen-bond acceptors (Lipinski definition) is 5. The summed E-state index contributed by atoms with van der Waals surface area (Å²) in [5, 5.41) is 11.1. The molecule has 0 spiro atoms. The number of carbonyl (C=O) groups excluding carboxylic acids is 2. The Labute approximate surface area is 187 Å². The number of ether oxygens (including phenoxy) is 1. The molecule has 0 radical (unpaired) electrons. The predicted octanol–water partition coefficient (Wildman–Crippen LogP) is 3.84. The average Bonchev–Trinajstić information content (AvgIpc) is 3.01. The number of aliphatic hydroxyl groups excluding tert-OH is 1. The van der Waals surface area contributed by atoms with E-state index in [9.17, 15) is 19.1 Å². The number of Topliss-reactive ketones (excluding diaryl/α,β-unsaturated/α-hetero) is 1. The first kappa shape index (κ1) is 23.5. The van der Waals surface area contributed by atoms with Crippen molar-refractivity contribution in [1.82, 2.24) is 9.80 Å². The van der Waals surface area contributed by atoms with Gasteiger partial charge in [0.1, 0.15) is 17.3 Å². The first-order valence-corrected chi connectivity index (χ1v) is 10.6. The van der Waals surface area contributed by atoms with Gasteiger partial charge in [-0.1, -0.05) is 26.0 Å². The molecule has 1 amide bonds. The third-order valence-electron chi connectivity index (χ3n) is 5.22. The Kier molecular flexibility index (Phi) is 7.30. The van der Waals surface area contributed by atoms with Crippen LogP contribution in [0.25, 0.3) is 5.76 Å². The first-order chi connectivity index (χ1) is 15.2.